The van der Waals surface area contributed by atoms with Crippen molar-refractivity contribution < 1.29 is 4.79 Å². The van der Waals surface area contributed by atoms with E-state index in [1.807, 2.05) is 42.9 Å². The van der Waals surface area contributed by atoms with Gasteiger partial charge >= 0.3 is 0 Å². The van der Waals surface area contributed by atoms with Crippen LogP contribution in [-0.2, 0) is 5.41 Å². The highest BCUT2D eigenvalue weighted by atomic mass is 16.1. The van der Waals surface area contributed by atoms with Crippen molar-refractivity contribution in [1.29, 1.82) is 0 Å². The molecule has 0 aliphatic rings. The Morgan fingerprint density at radius 1 is 1.22 bits per heavy atom. The molecule has 2 heterocycles. The summed E-state index contributed by atoms with van der Waals surface area (Å²) in [6, 6.07) is 5.83. The van der Waals surface area contributed by atoms with Crippen LogP contribution >= 0.6 is 0 Å². The van der Waals surface area contributed by atoms with Crippen molar-refractivity contribution in [1.82, 2.24) is 19.6 Å². The summed E-state index contributed by atoms with van der Waals surface area (Å²) in [5.41, 5.74) is 1.09. The zero-order valence-electron chi connectivity index (χ0n) is 15.3. The predicted octanol–water partition coefficient (Wildman–Crippen LogP) is 2.70. The lowest BCUT2D eigenvalue weighted by molar-refractivity contribution is 0.0916. The first kappa shape index (κ1) is 17.5. The number of pyridine rings is 1. The number of nitrogens with one attached hydrogen (secondary N) is 1. The Kier molecular flexibility index (Phi) is 4.53. The van der Waals surface area contributed by atoms with Crippen LogP contribution in [0.2, 0.25) is 0 Å². The second kappa shape index (κ2) is 5.96. The normalized spacial score (nSPS) is 12.9. The van der Waals surface area contributed by atoms with Crippen LogP contribution < -0.4 is 5.32 Å². The summed E-state index contributed by atoms with van der Waals surface area (Å²) in [6.07, 6.45) is 1.96. The van der Waals surface area contributed by atoms with Gasteiger partial charge in [0.05, 0.1) is 5.52 Å². The van der Waals surface area contributed by atoms with E-state index < -0.39 is 0 Å². The van der Waals surface area contributed by atoms with Crippen LogP contribution in [0.4, 0.5) is 0 Å². The van der Waals surface area contributed by atoms with Crippen molar-refractivity contribution in [2.45, 2.75) is 45.6 Å². The average Bonchev–Trinajstić information content (AvgIpc) is 2.84. The maximum absolute atomic E-state index is 12.7. The Balaban J connectivity index is 2.35. The summed E-state index contributed by atoms with van der Waals surface area (Å²) in [7, 11) is 4.02. The third kappa shape index (κ3) is 3.55. The van der Waals surface area contributed by atoms with Crippen LogP contribution in [0.1, 0.15) is 50.9 Å². The van der Waals surface area contributed by atoms with Gasteiger partial charge in [0.1, 0.15) is 5.82 Å². The smallest absolute Gasteiger partial charge is 0.272 e. The molecule has 0 saturated heterocycles. The first-order valence-electron chi connectivity index (χ1n) is 7.97. The minimum Gasteiger partial charge on any atom is -0.349 e. The molecule has 5 nitrogen and oxygen atoms in total. The van der Waals surface area contributed by atoms with Crippen LogP contribution in [0.3, 0.4) is 0 Å². The van der Waals surface area contributed by atoms with Crippen molar-refractivity contribution in [2.24, 2.45) is 0 Å². The molecular formula is C18H28N4O. The fourth-order valence-corrected chi connectivity index (χ4v) is 2.27. The molecule has 2 aromatic rings. The monoisotopic (exact) mass is 316 g/mol. The van der Waals surface area contributed by atoms with E-state index in [1.165, 1.54) is 0 Å². The zero-order valence-corrected chi connectivity index (χ0v) is 15.3. The van der Waals surface area contributed by atoms with Gasteiger partial charge in [0.15, 0.2) is 5.69 Å². The lowest BCUT2D eigenvalue weighted by atomic mass is 9.96. The highest BCUT2D eigenvalue weighted by Gasteiger charge is 2.26. The minimum absolute atomic E-state index is 0.113. The molecule has 0 aromatic carbocycles. The van der Waals surface area contributed by atoms with Crippen molar-refractivity contribution in [3.8, 4) is 0 Å². The number of likely N-dealkylation sites (N-methyl/N-ethyl adjacent to an activating group) is 1. The summed E-state index contributed by atoms with van der Waals surface area (Å²) >= 11 is 0. The summed E-state index contributed by atoms with van der Waals surface area (Å²) in [5.74, 6) is 0.768. The second-order valence-corrected chi connectivity index (χ2v) is 7.88. The maximum atomic E-state index is 12.7. The van der Waals surface area contributed by atoms with Gasteiger partial charge in [0.2, 0.25) is 0 Å². The van der Waals surface area contributed by atoms with E-state index in [2.05, 4.69) is 49.8 Å². The van der Waals surface area contributed by atoms with Crippen LogP contribution in [0.5, 0.6) is 0 Å². The van der Waals surface area contributed by atoms with Gasteiger partial charge in [0, 0.05) is 23.7 Å². The molecule has 0 fully saturated rings. The molecule has 2 aromatic heterocycles. The van der Waals surface area contributed by atoms with E-state index in [0.717, 1.165) is 11.3 Å². The molecule has 0 radical (unpaired) electrons. The second-order valence-electron chi connectivity index (χ2n) is 7.88. The number of carbonyl (C=O) groups excluding carboxylic acids is 1. The number of aromatic nitrogens is 2. The van der Waals surface area contributed by atoms with Gasteiger partial charge in [-0.15, -0.1) is 0 Å². The van der Waals surface area contributed by atoms with Crippen molar-refractivity contribution in [3.63, 3.8) is 0 Å². The summed E-state index contributed by atoms with van der Waals surface area (Å²) < 4.78 is 2.01. The van der Waals surface area contributed by atoms with E-state index in [1.54, 1.807) is 0 Å². The number of hydrogen-bond donors (Lipinski definition) is 1. The highest BCUT2D eigenvalue weighted by molar-refractivity contribution is 5.99. The Morgan fingerprint density at radius 2 is 1.87 bits per heavy atom. The van der Waals surface area contributed by atoms with E-state index in [-0.39, 0.29) is 16.9 Å². The molecule has 0 atom stereocenters. The van der Waals surface area contributed by atoms with Gasteiger partial charge in [-0.1, -0.05) is 26.8 Å². The van der Waals surface area contributed by atoms with Crippen LogP contribution in [0.25, 0.3) is 5.52 Å². The molecule has 0 spiro atoms. The molecule has 23 heavy (non-hydrogen) atoms. The van der Waals surface area contributed by atoms with E-state index in [4.69, 9.17) is 0 Å². The van der Waals surface area contributed by atoms with Crippen LogP contribution in [0.15, 0.2) is 24.4 Å². The first-order chi connectivity index (χ1) is 10.5. The number of rotatable bonds is 4. The Morgan fingerprint density at radius 3 is 2.43 bits per heavy atom. The van der Waals surface area contributed by atoms with Gasteiger partial charge < -0.3 is 14.6 Å². The number of hydrogen-bond acceptors (Lipinski definition) is 3. The SMILES string of the molecule is CN(C)C(C)(C)CNC(=O)c1nc(C(C)(C)C)n2ccccc12. The molecule has 0 saturated carbocycles. The summed E-state index contributed by atoms with van der Waals surface area (Å²) in [5, 5.41) is 3.02. The van der Waals surface area contributed by atoms with Crippen molar-refractivity contribution in [2.75, 3.05) is 20.6 Å². The lowest BCUT2D eigenvalue weighted by Gasteiger charge is -2.32. The number of nitrogens with zero attached hydrogens (tertiary/aromatic N) is 3. The molecule has 0 aliphatic carbocycles. The molecule has 0 bridgehead atoms. The lowest BCUT2D eigenvalue weighted by Crippen LogP contribution is -2.48. The van der Waals surface area contributed by atoms with E-state index in [0.29, 0.717) is 12.2 Å². The highest BCUT2D eigenvalue weighted by Crippen LogP contribution is 2.24. The van der Waals surface area contributed by atoms with Crippen molar-refractivity contribution >= 4 is 11.4 Å². The average molecular weight is 316 g/mol. The van der Waals surface area contributed by atoms with Gasteiger partial charge in [0.25, 0.3) is 5.91 Å². The molecule has 126 valence electrons. The number of fused-ring (bicyclic) bond motifs is 1. The topological polar surface area (TPSA) is 49.6 Å². The fourth-order valence-electron chi connectivity index (χ4n) is 2.27. The third-order valence-corrected chi connectivity index (χ3v) is 4.33. The van der Waals surface area contributed by atoms with E-state index >= 15 is 0 Å². The van der Waals surface area contributed by atoms with E-state index in [9.17, 15) is 4.79 Å². The molecule has 1 amide bonds. The molecule has 0 aliphatic heterocycles. The number of amides is 1. The first-order valence-corrected chi connectivity index (χ1v) is 7.97. The zero-order chi connectivity index (χ0) is 17.4. The summed E-state index contributed by atoms with van der Waals surface area (Å²) in [6.45, 7) is 11.1. The van der Waals surface area contributed by atoms with Gasteiger partial charge in [-0.3, -0.25) is 4.79 Å². The quantitative estimate of drug-likeness (QED) is 0.943. The molecule has 0 unspecified atom stereocenters. The predicted molar refractivity (Wildman–Crippen MR) is 94.0 cm³/mol. The van der Waals surface area contributed by atoms with Crippen molar-refractivity contribution in [3.05, 3.63) is 35.9 Å². The standard InChI is InChI=1S/C18H28N4O/c1-17(2,3)16-20-14(13-10-8-9-11-22(13)16)15(23)19-12-18(4,5)21(6)7/h8-11H,12H2,1-7H3,(H,19,23). The largest absolute Gasteiger partial charge is 0.349 e. The third-order valence-electron chi connectivity index (χ3n) is 4.33. The maximum Gasteiger partial charge on any atom is 0.272 e. The van der Waals surface area contributed by atoms with Crippen LogP contribution in [-0.4, -0.2) is 46.4 Å². The van der Waals surface area contributed by atoms with Crippen LogP contribution in [0, 0.1) is 0 Å². The van der Waals surface area contributed by atoms with Gasteiger partial charge in [-0.25, -0.2) is 4.98 Å². The Bertz CT molecular complexity index is 707. The fraction of sp³-hybridized carbons (Fsp3) is 0.556. The Hall–Kier alpha value is -1.88. The molecule has 5 heteroatoms. The Labute approximate surface area is 138 Å². The van der Waals surface area contributed by atoms with Gasteiger partial charge in [-0.05, 0) is 40.1 Å². The number of carbonyl (C=O) groups is 1. The molecule has 2 rings (SSSR count). The minimum atomic E-state index is -0.133. The summed E-state index contributed by atoms with van der Waals surface area (Å²) in [4.78, 5) is 19.4. The van der Waals surface area contributed by atoms with Gasteiger partial charge in [-0.2, -0.15) is 0 Å². The molecular weight excluding hydrogens is 288 g/mol. The molecule has 1 N–H and O–H groups in total. The number of imidazole rings is 1.